The molecule has 158 valence electrons. The first-order valence-corrected chi connectivity index (χ1v) is 10.7. The molecule has 0 saturated carbocycles. The predicted octanol–water partition coefficient (Wildman–Crippen LogP) is 5.02. The number of carbonyl (C=O) groups is 2. The number of benzene rings is 1. The molecular formula is C21H22ClN3O4S. The molecule has 4 rings (SSSR count). The van der Waals surface area contributed by atoms with Gasteiger partial charge in [-0.05, 0) is 51.0 Å². The highest BCUT2D eigenvalue weighted by atomic mass is 35.5. The summed E-state index contributed by atoms with van der Waals surface area (Å²) in [5.41, 5.74) is 2.18. The number of carbonyl (C=O) groups excluding carboxylic acids is 2. The molecule has 3 heterocycles. The monoisotopic (exact) mass is 447 g/mol. The molecule has 9 heteroatoms. The normalized spacial score (nSPS) is 14.0. The van der Waals surface area contributed by atoms with Gasteiger partial charge in [0.15, 0.2) is 0 Å². The standard InChI is InChI=1S/C21H22ClN3O4S/c1-21(2,3)29-20(27)25-6-5-11-7-15(30-16(11)10-25)18-23-14-9-12(22)8-13(17(14)24-18)19(26)28-4/h7-9H,5-6,10H2,1-4H3,(H,23,24). The number of nitrogens with one attached hydrogen (secondary N) is 1. The molecule has 0 radical (unpaired) electrons. The maximum Gasteiger partial charge on any atom is 0.410 e. The highest BCUT2D eigenvalue weighted by Crippen LogP contribution is 2.35. The van der Waals surface area contributed by atoms with Gasteiger partial charge < -0.3 is 19.4 Å². The molecule has 0 aliphatic carbocycles. The van der Waals surface area contributed by atoms with Crippen molar-refractivity contribution in [2.45, 2.75) is 39.3 Å². The van der Waals surface area contributed by atoms with Crippen LogP contribution in [0.3, 0.4) is 0 Å². The van der Waals surface area contributed by atoms with Crippen LogP contribution in [-0.2, 0) is 22.4 Å². The van der Waals surface area contributed by atoms with Crippen LogP contribution in [0.4, 0.5) is 4.79 Å². The van der Waals surface area contributed by atoms with E-state index in [4.69, 9.17) is 21.1 Å². The number of hydrogen-bond donors (Lipinski definition) is 1. The first kappa shape index (κ1) is 20.7. The highest BCUT2D eigenvalue weighted by molar-refractivity contribution is 7.15. The molecule has 3 aromatic rings. The number of ether oxygens (including phenoxy) is 2. The maximum absolute atomic E-state index is 12.4. The summed E-state index contributed by atoms with van der Waals surface area (Å²) >= 11 is 7.73. The van der Waals surface area contributed by atoms with E-state index in [0.29, 0.717) is 40.5 Å². The largest absolute Gasteiger partial charge is 0.465 e. The van der Waals surface area contributed by atoms with Crippen LogP contribution in [0.5, 0.6) is 0 Å². The van der Waals surface area contributed by atoms with Crippen LogP contribution in [0.15, 0.2) is 18.2 Å². The number of imidazole rings is 1. The Hall–Kier alpha value is -2.58. The fourth-order valence-electron chi connectivity index (χ4n) is 3.38. The SMILES string of the molecule is COC(=O)c1cc(Cl)cc2[nH]c(-c3cc4c(s3)CN(C(=O)OC(C)(C)C)CC4)nc12. The van der Waals surface area contributed by atoms with Gasteiger partial charge in [-0.3, -0.25) is 0 Å². The summed E-state index contributed by atoms with van der Waals surface area (Å²) in [6.45, 7) is 6.70. The Labute approximate surface area is 182 Å². The van der Waals surface area contributed by atoms with Gasteiger partial charge in [-0.2, -0.15) is 0 Å². The topological polar surface area (TPSA) is 84.5 Å². The van der Waals surface area contributed by atoms with Crippen molar-refractivity contribution in [3.8, 4) is 10.7 Å². The summed E-state index contributed by atoms with van der Waals surface area (Å²) < 4.78 is 10.3. The van der Waals surface area contributed by atoms with Gasteiger partial charge in [0.1, 0.15) is 16.9 Å². The Balaban J connectivity index is 1.64. The fraction of sp³-hybridized carbons (Fsp3) is 0.381. The minimum absolute atomic E-state index is 0.302. The van der Waals surface area contributed by atoms with Gasteiger partial charge in [0.05, 0.1) is 29.6 Å². The van der Waals surface area contributed by atoms with E-state index in [-0.39, 0.29) is 6.09 Å². The van der Waals surface area contributed by atoms with Gasteiger partial charge in [0, 0.05) is 16.4 Å². The lowest BCUT2D eigenvalue weighted by Crippen LogP contribution is -2.39. The average Bonchev–Trinajstić information content (AvgIpc) is 3.28. The van der Waals surface area contributed by atoms with Crippen molar-refractivity contribution in [3.63, 3.8) is 0 Å². The molecule has 0 saturated heterocycles. The van der Waals surface area contributed by atoms with Crippen molar-refractivity contribution in [1.82, 2.24) is 14.9 Å². The molecule has 7 nitrogen and oxygen atoms in total. The number of H-pyrrole nitrogens is 1. The molecule has 1 aromatic carbocycles. The van der Waals surface area contributed by atoms with E-state index in [2.05, 4.69) is 16.0 Å². The van der Waals surface area contributed by atoms with Crippen molar-refractivity contribution in [2.75, 3.05) is 13.7 Å². The van der Waals surface area contributed by atoms with Gasteiger partial charge in [0.2, 0.25) is 0 Å². The molecule has 2 aromatic heterocycles. The van der Waals surface area contributed by atoms with Crippen molar-refractivity contribution in [2.24, 2.45) is 0 Å². The summed E-state index contributed by atoms with van der Waals surface area (Å²) in [5.74, 6) is 0.166. The molecule has 0 atom stereocenters. The molecule has 1 amide bonds. The van der Waals surface area contributed by atoms with E-state index in [1.54, 1.807) is 28.4 Å². The smallest absolute Gasteiger partial charge is 0.410 e. The number of fused-ring (bicyclic) bond motifs is 2. The van der Waals surface area contributed by atoms with E-state index in [0.717, 1.165) is 16.2 Å². The summed E-state index contributed by atoms with van der Waals surface area (Å²) in [5, 5.41) is 0.427. The van der Waals surface area contributed by atoms with E-state index in [9.17, 15) is 9.59 Å². The third-order valence-corrected chi connectivity index (χ3v) is 6.11. The van der Waals surface area contributed by atoms with Gasteiger partial charge >= 0.3 is 12.1 Å². The number of thiophene rings is 1. The van der Waals surface area contributed by atoms with Crippen LogP contribution in [0.1, 0.15) is 41.6 Å². The second-order valence-electron chi connectivity index (χ2n) is 8.14. The first-order chi connectivity index (χ1) is 14.1. The van der Waals surface area contributed by atoms with Gasteiger partial charge in [-0.15, -0.1) is 11.3 Å². The summed E-state index contributed by atoms with van der Waals surface area (Å²) in [6.07, 6.45) is 0.453. The Morgan fingerprint density at radius 2 is 2.03 bits per heavy atom. The highest BCUT2D eigenvalue weighted by Gasteiger charge is 2.27. The fourth-order valence-corrected chi connectivity index (χ4v) is 4.77. The van der Waals surface area contributed by atoms with Gasteiger partial charge in [-0.1, -0.05) is 11.6 Å². The molecule has 0 unspecified atom stereocenters. The Morgan fingerprint density at radius 1 is 1.27 bits per heavy atom. The van der Waals surface area contributed by atoms with Crippen molar-refractivity contribution >= 4 is 46.0 Å². The summed E-state index contributed by atoms with van der Waals surface area (Å²) in [4.78, 5) is 36.2. The third-order valence-electron chi connectivity index (χ3n) is 4.72. The Kier molecular flexibility index (Phi) is 5.23. The number of hydrogen-bond acceptors (Lipinski definition) is 6. The minimum Gasteiger partial charge on any atom is -0.465 e. The van der Waals surface area contributed by atoms with E-state index in [1.807, 2.05) is 20.8 Å². The number of nitrogens with zero attached hydrogens (tertiary/aromatic N) is 2. The summed E-state index contributed by atoms with van der Waals surface area (Å²) in [7, 11) is 1.33. The molecule has 0 fully saturated rings. The lowest BCUT2D eigenvalue weighted by molar-refractivity contribution is 0.0226. The zero-order valence-corrected chi connectivity index (χ0v) is 18.7. The number of methoxy groups -OCH3 is 1. The quantitative estimate of drug-likeness (QED) is 0.557. The second kappa shape index (κ2) is 7.59. The number of aromatic nitrogens is 2. The second-order valence-corrected chi connectivity index (χ2v) is 9.71. The lowest BCUT2D eigenvalue weighted by atomic mass is 10.1. The van der Waals surface area contributed by atoms with Crippen molar-refractivity contribution < 1.29 is 19.1 Å². The van der Waals surface area contributed by atoms with Crippen LogP contribution in [-0.4, -0.2) is 46.2 Å². The van der Waals surface area contributed by atoms with Crippen LogP contribution in [0.2, 0.25) is 5.02 Å². The maximum atomic E-state index is 12.4. The first-order valence-electron chi connectivity index (χ1n) is 9.52. The minimum atomic E-state index is -0.523. The molecule has 1 aliphatic heterocycles. The number of aromatic amines is 1. The van der Waals surface area contributed by atoms with Gasteiger partial charge in [-0.25, -0.2) is 14.6 Å². The molecule has 30 heavy (non-hydrogen) atoms. The Bertz CT molecular complexity index is 1150. The Morgan fingerprint density at radius 3 is 2.73 bits per heavy atom. The molecule has 1 aliphatic rings. The van der Waals surface area contributed by atoms with Crippen molar-refractivity contribution in [1.29, 1.82) is 0 Å². The van der Waals surface area contributed by atoms with Crippen LogP contribution in [0.25, 0.3) is 21.7 Å². The summed E-state index contributed by atoms with van der Waals surface area (Å²) in [6, 6.07) is 5.37. The van der Waals surface area contributed by atoms with Crippen LogP contribution in [0, 0.1) is 0 Å². The zero-order chi connectivity index (χ0) is 21.6. The van der Waals surface area contributed by atoms with E-state index in [1.165, 1.54) is 12.7 Å². The third kappa shape index (κ3) is 4.02. The molecule has 0 bridgehead atoms. The predicted molar refractivity (Wildman–Crippen MR) is 116 cm³/mol. The molecule has 0 spiro atoms. The van der Waals surface area contributed by atoms with E-state index >= 15 is 0 Å². The molecular weight excluding hydrogens is 426 g/mol. The average molecular weight is 448 g/mol. The molecule has 1 N–H and O–H groups in total. The van der Waals surface area contributed by atoms with Gasteiger partial charge in [0.25, 0.3) is 0 Å². The van der Waals surface area contributed by atoms with Crippen LogP contribution >= 0.6 is 22.9 Å². The van der Waals surface area contributed by atoms with Crippen molar-refractivity contribution in [3.05, 3.63) is 39.2 Å². The van der Waals surface area contributed by atoms with Crippen LogP contribution < -0.4 is 0 Å². The number of rotatable bonds is 2. The number of amides is 1. The zero-order valence-electron chi connectivity index (χ0n) is 17.2. The number of halogens is 1. The number of esters is 1. The lowest BCUT2D eigenvalue weighted by Gasteiger charge is -2.29. The van der Waals surface area contributed by atoms with E-state index < -0.39 is 11.6 Å².